The van der Waals surface area contributed by atoms with Crippen molar-refractivity contribution in [3.63, 3.8) is 0 Å². The van der Waals surface area contributed by atoms with E-state index in [4.69, 9.17) is 4.74 Å². The Bertz CT molecular complexity index is 681. The van der Waals surface area contributed by atoms with Crippen molar-refractivity contribution in [3.05, 3.63) is 30.2 Å². The molecule has 1 unspecified atom stereocenters. The highest BCUT2D eigenvalue weighted by Gasteiger charge is 2.12. The van der Waals surface area contributed by atoms with Crippen molar-refractivity contribution in [2.45, 2.75) is 46.6 Å². The molecule has 2 N–H and O–H groups in total. The summed E-state index contributed by atoms with van der Waals surface area (Å²) >= 11 is 0. The summed E-state index contributed by atoms with van der Waals surface area (Å²) in [7, 11) is 0. The molecule has 0 spiro atoms. The van der Waals surface area contributed by atoms with Gasteiger partial charge >= 0.3 is 0 Å². The maximum absolute atomic E-state index is 5.79. The zero-order valence-corrected chi connectivity index (χ0v) is 16.4. The molecule has 0 aliphatic heterocycles. The molecule has 7 heteroatoms. The minimum atomic E-state index is 0.258. The molecule has 144 valence electrons. The fourth-order valence-electron chi connectivity index (χ4n) is 2.82. The third kappa shape index (κ3) is 5.98. The molecule has 0 bridgehead atoms. The van der Waals surface area contributed by atoms with Crippen molar-refractivity contribution in [2.75, 3.05) is 26.2 Å². The van der Waals surface area contributed by atoms with Gasteiger partial charge in [-0.25, -0.2) is 0 Å². The molecule has 7 nitrogen and oxygen atoms in total. The summed E-state index contributed by atoms with van der Waals surface area (Å²) in [5, 5.41) is 15.1. The summed E-state index contributed by atoms with van der Waals surface area (Å²) in [6.07, 6.45) is 3.96. The van der Waals surface area contributed by atoms with Gasteiger partial charge in [-0.2, -0.15) is 0 Å². The van der Waals surface area contributed by atoms with Gasteiger partial charge in [0.1, 0.15) is 5.82 Å². The van der Waals surface area contributed by atoms with Gasteiger partial charge in [0, 0.05) is 38.9 Å². The molecule has 0 saturated heterocycles. The van der Waals surface area contributed by atoms with E-state index in [1.807, 2.05) is 35.7 Å². The molecule has 2 heterocycles. The fourth-order valence-corrected chi connectivity index (χ4v) is 2.82. The largest absolute Gasteiger partial charge is 0.378 e. The van der Waals surface area contributed by atoms with E-state index in [-0.39, 0.29) is 6.10 Å². The number of fused-ring (bicyclic) bond motifs is 1. The Kier molecular flexibility index (Phi) is 8.34. The van der Waals surface area contributed by atoms with Crippen molar-refractivity contribution < 1.29 is 4.74 Å². The first-order valence-corrected chi connectivity index (χ1v) is 9.58. The van der Waals surface area contributed by atoms with Crippen LogP contribution in [0.1, 0.15) is 39.9 Å². The molecule has 2 aromatic heterocycles. The first-order valence-electron chi connectivity index (χ1n) is 9.58. The van der Waals surface area contributed by atoms with Crippen LogP contribution in [0.15, 0.2) is 29.4 Å². The highest BCUT2D eigenvalue weighted by atomic mass is 16.5. The van der Waals surface area contributed by atoms with Gasteiger partial charge in [0.15, 0.2) is 11.6 Å². The second-order valence-electron chi connectivity index (χ2n) is 6.51. The van der Waals surface area contributed by atoms with E-state index in [0.717, 1.165) is 56.5 Å². The van der Waals surface area contributed by atoms with Crippen molar-refractivity contribution in [1.29, 1.82) is 0 Å². The lowest BCUT2D eigenvalue weighted by Gasteiger charge is -2.20. The number of ether oxygens (including phenoxy) is 1. The molecule has 0 radical (unpaired) electrons. The minimum Gasteiger partial charge on any atom is -0.378 e. The number of guanidine groups is 1. The van der Waals surface area contributed by atoms with E-state index in [2.05, 4.69) is 46.6 Å². The second kappa shape index (κ2) is 10.8. The monoisotopic (exact) mass is 360 g/mol. The minimum absolute atomic E-state index is 0.258. The summed E-state index contributed by atoms with van der Waals surface area (Å²) < 4.78 is 7.80. The Labute approximate surface area is 156 Å². The first-order chi connectivity index (χ1) is 12.7. The second-order valence-corrected chi connectivity index (χ2v) is 6.51. The maximum atomic E-state index is 5.79. The lowest BCUT2D eigenvalue weighted by atomic mass is 10.0. The number of rotatable bonds is 10. The summed E-state index contributed by atoms with van der Waals surface area (Å²) in [6, 6.07) is 5.91. The molecular weight excluding hydrogens is 328 g/mol. The van der Waals surface area contributed by atoms with E-state index in [0.29, 0.717) is 5.92 Å². The van der Waals surface area contributed by atoms with E-state index in [1.54, 1.807) is 0 Å². The lowest BCUT2D eigenvalue weighted by molar-refractivity contribution is 0.0266. The molecule has 2 rings (SSSR count). The number of hydrogen-bond donors (Lipinski definition) is 2. The van der Waals surface area contributed by atoms with Gasteiger partial charge in [-0.3, -0.25) is 9.39 Å². The highest BCUT2D eigenvalue weighted by Crippen LogP contribution is 2.10. The molecule has 0 aliphatic carbocycles. The van der Waals surface area contributed by atoms with E-state index >= 15 is 0 Å². The van der Waals surface area contributed by atoms with Gasteiger partial charge in [0.25, 0.3) is 0 Å². The average molecular weight is 361 g/mol. The number of pyridine rings is 1. The fraction of sp³-hybridized carbons (Fsp3) is 0.632. The topological polar surface area (TPSA) is 75.8 Å². The number of nitrogens with one attached hydrogen (secondary N) is 2. The van der Waals surface area contributed by atoms with Crippen LogP contribution in [0.4, 0.5) is 0 Å². The highest BCUT2D eigenvalue weighted by molar-refractivity contribution is 5.79. The normalized spacial score (nSPS) is 13.3. The first kappa shape index (κ1) is 20.2. The van der Waals surface area contributed by atoms with Crippen LogP contribution in [0.3, 0.4) is 0 Å². The lowest BCUT2D eigenvalue weighted by Crippen LogP contribution is -2.38. The molecule has 0 aliphatic rings. The van der Waals surface area contributed by atoms with Crippen LogP contribution >= 0.6 is 0 Å². The maximum Gasteiger partial charge on any atom is 0.191 e. The van der Waals surface area contributed by atoms with Gasteiger partial charge in [-0.05, 0) is 38.3 Å². The Morgan fingerprint density at radius 1 is 1.23 bits per heavy atom. The van der Waals surface area contributed by atoms with E-state index in [1.165, 1.54) is 0 Å². The average Bonchev–Trinajstić information content (AvgIpc) is 3.04. The third-order valence-corrected chi connectivity index (χ3v) is 4.18. The molecule has 1 atom stereocenters. The van der Waals surface area contributed by atoms with Crippen LogP contribution in [0, 0.1) is 5.92 Å². The van der Waals surface area contributed by atoms with Gasteiger partial charge in [0.05, 0.1) is 6.10 Å². The summed E-state index contributed by atoms with van der Waals surface area (Å²) in [6.45, 7) is 11.6. The van der Waals surface area contributed by atoms with Crippen LogP contribution in [0.2, 0.25) is 0 Å². The van der Waals surface area contributed by atoms with Crippen molar-refractivity contribution in [3.8, 4) is 0 Å². The number of hydrogen-bond acceptors (Lipinski definition) is 4. The van der Waals surface area contributed by atoms with Crippen LogP contribution in [-0.4, -0.2) is 52.9 Å². The van der Waals surface area contributed by atoms with Gasteiger partial charge < -0.3 is 15.4 Å². The predicted octanol–water partition coefficient (Wildman–Crippen LogP) is 2.28. The quantitative estimate of drug-likeness (QED) is 0.502. The summed E-state index contributed by atoms with van der Waals surface area (Å²) in [5.41, 5.74) is 0.874. The third-order valence-electron chi connectivity index (χ3n) is 4.18. The molecule has 2 aromatic rings. The van der Waals surface area contributed by atoms with Crippen molar-refractivity contribution >= 4 is 11.6 Å². The SMILES string of the molecule is CCNC(=NCCC(OCC)C(C)C)NCCc1nnc2ccccn12. The molecule has 0 amide bonds. The standard InChI is InChI=1S/C19H32N6O/c1-5-20-19(21-12-10-16(15(3)4)26-6-2)22-13-11-18-24-23-17-9-7-8-14-25(17)18/h7-9,14-16H,5-6,10-13H2,1-4H3,(H2,20,21,22). The van der Waals surface area contributed by atoms with Crippen LogP contribution in [-0.2, 0) is 11.2 Å². The molecular formula is C19H32N6O. The van der Waals surface area contributed by atoms with Gasteiger partial charge in [-0.1, -0.05) is 19.9 Å². The predicted molar refractivity (Wildman–Crippen MR) is 106 cm³/mol. The van der Waals surface area contributed by atoms with E-state index in [9.17, 15) is 0 Å². The number of aromatic nitrogens is 3. The number of nitrogens with zero attached hydrogens (tertiary/aromatic N) is 4. The Morgan fingerprint density at radius 2 is 2.08 bits per heavy atom. The van der Waals surface area contributed by atoms with Crippen LogP contribution in [0.5, 0.6) is 0 Å². The van der Waals surface area contributed by atoms with E-state index < -0.39 is 0 Å². The zero-order chi connectivity index (χ0) is 18.8. The Morgan fingerprint density at radius 3 is 2.81 bits per heavy atom. The molecule has 0 saturated carbocycles. The number of aliphatic imine (C=N–C) groups is 1. The van der Waals surface area contributed by atoms with Crippen molar-refractivity contribution in [1.82, 2.24) is 25.2 Å². The Hall–Kier alpha value is -2.15. The van der Waals surface area contributed by atoms with Gasteiger partial charge in [-0.15, -0.1) is 10.2 Å². The summed E-state index contributed by atoms with van der Waals surface area (Å²) in [4.78, 5) is 4.67. The zero-order valence-electron chi connectivity index (χ0n) is 16.4. The van der Waals surface area contributed by atoms with Crippen molar-refractivity contribution in [2.24, 2.45) is 10.9 Å². The smallest absolute Gasteiger partial charge is 0.191 e. The molecule has 0 aromatic carbocycles. The summed E-state index contributed by atoms with van der Waals surface area (Å²) in [5.74, 6) is 2.28. The van der Waals surface area contributed by atoms with Gasteiger partial charge in [0.2, 0.25) is 0 Å². The molecule has 26 heavy (non-hydrogen) atoms. The Balaban J connectivity index is 1.85. The van der Waals surface area contributed by atoms with Crippen LogP contribution < -0.4 is 10.6 Å². The molecule has 0 fully saturated rings. The van der Waals surface area contributed by atoms with Crippen LogP contribution in [0.25, 0.3) is 5.65 Å².